The molecule has 0 bridgehead atoms. The molecule has 25 heavy (non-hydrogen) atoms. The summed E-state index contributed by atoms with van der Waals surface area (Å²) in [4.78, 5) is 24.4. The van der Waals surface area contributed by atoms with E-state index in [2.05, 4.69) is 15.8 Å². The first-order valence-electron chi connectivity index (χ1n) is 7.09. The summed E-state index contributed by atoms with van der Waals surface area (Å²) in [6.45, 7) is 1.39. The molecule has 0 radical (unpaired) electrons. The molecule has 0 aliphatic heterocycles. The number of nitrogens with one attached hydrogen (secondary N) is 2. The van der Waals surface area contributed by atoms with E-state index in [1.54, 1.807) is 0 Å². The average molecular weight is 369 g/mol. The molecule has 0 spiro atoms. The van der Waals surface area contributed by atoms with Gasteiger partial charge in [-0.2, -0.15) is 18.3 Å². The van der Waals surface area contributed by atoms with Gasteiger partial charge in [-0.1, -0.05) is 12.1 Å². The molecular formula is C16H14F3N3O2S. The first-order chi connectivity index (χ1) is 11.8. The van der Waals surface area contributed by atoms with E-state index in [0.717, 1.165) is 22.6 Å². The van der Waals surface area contributed by atoms with Gasteiger partial charge in [-0.05, 0) is 36.1 Å². The van der Waals surface area contributed by atoms with E-state index in [0.29, 0.717) is 0 Å². The van der Waals surface area contributed by atoms with Crippen molar-refractivity contribution in [3.8, 4) is 0 Å². The molecular weight excluding hydrogens is 355 g/mol. The zero-order valence-corrected chi connectivity index (χ0v) is 13.9. The van der Waals surface area contributed by atoms with Crippen LogP contribution in [-0.4, -0.2) is 24.6 Å². The quantitative estimate of drug-likeness (QED) is 0.628. The first kappa shape index (κ1) is 18.7. The average Bonchev–Trinajstić information content (AvgIpc) is 2.97. The normalized spacial score (nSPS) is 11.5. The highest BCUT2D eigenvalue weighted by Crippen LogP contribution is 2.31. The second-order valence-electron chi connectivity index (χ2n) is 4.99. The van der Waals surface area contributed by atoms with Crippen molar-refractivity contribution in [2.24, 2.45) is 5.10 Å². The molecule has 1 heterocycles. The van der Waals surface area contributed by atoms with Crippen molar-refractivity contribution in [1.29, 1.82) is 0 Å². The molecule has 0 aliphatic rings. The molecule has 2 aromatic rings. The summed E-state index contributed by atoms with van der Waals surface area (Å²) in [5, 5.41) is 7.75. The van der Waals surface area contributed by atoms with Gasteiger partial charge in [0, 0.05) is 4.88 Å². The molecule has 2 N–H and O–H groups in total. The smallest absolute Gasteiger partial charge is 0.343 e. The van der Waals surface area contributed by atoms with Crippen LogP contribution in [0.15, 0.2) is 40.8 Å². The Bertz CT molecular complexity index is 800. The van der Waals surface area contributed by atoms with Crippen LogP contribution in [0.5, 0.6) is 0 Å². The minimum absolute atomic E-state index is 0.494. The van der Waals surface area contributed by atoms with E-state index >= 15 is 0 Å². The Kier molecular flexibility index (Phi) is 5.92. The van der Waals surface area contributed by atoms with E-state index < -0.39 is 35.7 Å². The van der Waals surface area contributed by atoms with Crippen molar-refractivity contribution >= 4 is 29.4 Å². The van der Waals surface area contributed by atoms with Gasteiger partial charge in [0.25, 0.3) is 11.8 Å². The molecule has 132 valence electrons. The first-order valence-corrected chi connectivity index (χ1v) is 7.97. The Morgan fingerprint density at radius 3 is 2.60 bits per heavy atom. The Labute approximate surface area is 145 Å². The van der Waals surface area contributed by atoms with Gasteiger partial charge in [0.05, 0.1) is 23.9 Å². The number of hydrogen-bond acceptors (Lipinski definition) is 4. The van der Waals surface area contributed by atoms with Crippen molar-refractivity contribution in [2.45, 2.75) is 13.1 Å². The van der Waals surface area contributed by atoms with Crippen LogP contribution in [0.2, 0.25) is 0 Å². The van der Waals surface area contributed by atoms with Crippen molar-refractivity contribution in [1.82, 2.24) is 10.7 Å². The lowest BCUT2D eigenvalue weighted by Crippen LogP contribution is -2.35. The zero-order valence-electron chi connectivity index (χ0n) is 13.1. The van der Waals surface area contributed by atoms with Crippen LogP contribution in [0.25, 0.3) is 0 Å². The van der Waals surface area contributed by atoms with Gasteiger partial charge in [0.1, 0.15) is 0 Å². The summed E-state index contributed by atoms with van der Waals surface area (Å²) >= 11 is 1.44. The maximum Gasteiger partial charge on any atom is 0.417 e. The number of hydrazone groups is 1. The summed E-state index contributed by atoms with van der Waals surface area (Å²) in [6.07, 6.45) is -3.20. The molecule has 1 aromatic heterocycles. The molecule has 1 aromatic carbocycles. The van der Waals surface area contributed by atoms with Gasteiger partial charge in [0.2, 0.25) is 0 Å². The topological polar surface area (TPSA) is 70.6 Å². The summed E-state index contributed by atoms with van der Waals surface area (Å²) in [5.41, 5.74) is 1.60. The standard InChI is InChI=1S/C16H14F3N3O2S/c1-10-6-7-25-13(10)8-21-22-14(23)9-20-15(24)11-4-2-3-5-12(11)16(17,18)19/h2-8H,9H2,1H3,(H,20,24)(H,22,23). The fourth-order valence-electron chi connectivity index (χ4n) is 1.90. The Morgan fingerprint density at radius 2 is 1.96 bits per heavy atom. The van der Waals surface area contributed by atoms with Crippen molar-refractivity contribution in [3.63, 3.8) is 0 Å². The molecule has 0 saturated carbocycles. The Balaban J connectivity index is 1.91. The van der Waals surface area contributed by atoms with Crippen LogP contribution in [-0.2, 0) is 11.0 Å². The molecule has 0 aliphatic carbocycles. The predicted molar refractivity (Wildman–Crippen MR) is 88.6 cm³/mol. The highest BCUT2D eigenvalue weighted by atomic mass is 32.1. The SMILES string of the molecule is Cc1ccsc1C=NNC(=O)CNC(=O)c1ccccc1C(F)(F)F. The molecule has 2 amide bonds. The van der Waals surface area contributed by atoms with Crippen LogP contribution in [0.1, 0.15) is 26.4 Å². The van der Waals surface area contributed by atoms with Crippen LogP contribution in [0.4, 0.5) is 13.2 Å². The van der Waals surface area contributed by atoms with Gasteiger partial charge in [-0.25, -0.2) is 5.43 Å². The van der Waals surface area contributed by atoms with Gasteiger partial charge in [-0.3, -0.25) is 9.59 Å². The largest absolute Gasteiger partial charge is 0.417 e. The van der Waals surface area contributed by atoms with E-state index in [9.17, 15) is 22.8 Å². The maximum absolute atomic E-state index is 12.9. The van der Waals surface area contributed by atoms with Crippen molar-refractivity contribution in [3.05, 3.63) is 57.3 Å². The number of hydrogen-bond donors (Lipinski definition) is 2. The van der Waals surface area contributed by atoms with E-state index in [1.807, 2.05) is 18.4 Å². The highest BCUT2D eigenvalue weighted by Gasteiger charge is 2.34. The minimum atomic E-state index is -4.65. The summed E-state index contributed by atoms with van der Waals surface area (Å²) in [5.74, 6) is -1.63. The van der Waals surface area contributed by atoms with Crippen LogP contribution in [0, 0.1) is 6.92 Å². The minimum Gasteiger partial charge on any atom is -0.343 e. The van der Waals surface area contributed by atoms with E-state index in [1.165, 1.54) is 29.7 Å². The third-order valence-electron chi connectivity index (χ3n) is 3.16. The van der Waals surface area contributed by atoms with Crippen molar-refractivity contribution in [2.75, 3.05) is 6.54 Å². The zero-order chi connectivity index (χ0) is 18.4. The Hall–Kier alpha value is -2.68. The lowest BCUT2D eigenvalue weighted by Gasteiger charge is -2.12. The molecule has 5 nitrogen and oxygen atoms in total. The third-order valence-corrected chi connectivity index (χ3v) is 4.11. The number of thiophene rings is 1. The molecule has 0 atom stereocenters. The highest BCUT2D eigenvalue weighted by molar-refractivity contribution is 7.11. The van der Waals surface area contributed by atoms with E-state index in [-0.39, 0.29) is 0 Å². The maximum atomic E-state index is 12.9. The molecule has 0 fully saturated rings. The number of carbonyl (C=O) groups is 2. The van der Waals surface area contributed by atoms with Crippen molar-refractivity contribution < 1.29 is 22.8 Å². The molecule has 2 rings (SSSR count). The number of nitrogens with zero attached hydrogens (tertiary/aromatic N) is 1. The number of alkyl halides is 3. The second-order valence-corrected chi connectivity index (χ2v) is 5.93. The fraction of sp³-hybridized carbons (Fsp3) is 0.188. The van der Waals surface area contributed by atoms with Crippen LogP contribution >= 0.6 is 11.3 Å². The molecule has 0 unspecified atom stereocenters. The molecule has 9 heteroatoms. The van der Waals surface area contributed by atoms with Crippen LogP contribution in [0.3, 0.4) is 0 Å². The fourth-order valence-corrected chi connectivity index (χ4v) is 2.69. The third kappa shape index (κ3) is 5.15. The Morgan fingerprint density at radius 1 is 1.24 bits per heavy atom. The van der Waals surface area contributed by atoms with Gasteiger partial charge >= 0.3 is 6.18 Å². The van der Waals surface area contributed by atoms with Gasteiger partial charge < -0.3 is 5.32 Å². The number of halogens is 3. The molecule has 0 saturated heterocycles. The second kappa shape index (κ2) is 7.93. The summed E-state index contributed by atoms with van der Waals surface area (Å²) < 4.78 is 38.6. The van der Waals surface area contributed by atoms with Gasteiger partial charge in [0.15, 0.2) is 0 Å². The van der Waals surface area contributed by atoms with Crippen LogP contribution < -0.4 is 10.7 Å². The number of amides is 2. The van der Waals surface area contributed by atoms with E-state index in [4.69, 9.17) is 0 Å². The number of rotatable bonds is 5. The lowest BCUT2D eigenvalue weighted by molar-refractivity contribution is -0.137. The number of aryl methyl sites for hydroxylation is 1. The monoisotopic (exact) mass is 369 g/mol. The van der Waals surface area contributed by atoms with Gasteiger partial charge in [-0.15, -0.1) is 11.3 Å². The predicted octanol–water partition coefficient (Wildman–Crippen LogP) is 2.96. The number of benzene rings is 1. The summed E-state index contributed by atoms with van der Waals surface area (Å²) in [7, 11) is 0. The lowest BCUT2D eigenvalue weighted by atomic mass is 10.1. The number of carbonyl (C=O) groups excluding carboxylic acids is 2. The summed E-state index contributed by atoms with van der Waals surface area (Å²) in [6, 6.07) is 6.26.